The molecular weight excluding hydrogens is 776 g/mol. The smallest absolute Gasteiger partial charge is 0.145 e. The van der Waals surface area contributed by atoms with E-state index in [1.165, 1.54) is 16.7 Å². The molecule has 0 saturated heterocycles. The van der Waals surface area contributed by atoms with Gasteiger partial charge in [-0.05, 0) is 92.6 Å². The number of aromatic nitrogens is 2. The molecule has 2 aromatic heterocycles. The van der Waals surface area contributed by atoms with E-state index in [0.717, 1.165) is 50.2 Å². The third-order valence-electron chi connectivity index (χ3n) is 8.65. The first kappa shape index (κ1) is 31.7. The molecule has 0 saturated carbocycles. The van der Waals surface area contributed by atoms with E-state index in [1.54, 1.807) is 0 Å². The standard InChI is InChI=1S/C41H34N4O2.Pt/c1-27-12-10-13-28(2)40(27)29-22-23-42-39(24-29)43-35-17-7-6-16-33(35)34-21-20-32(26-38(34)43)46-31-15-11-14-30(25-31)44-36-18-8-9-19-37(36)45(47-44)41(3,4)5;/h6-24H,1-5H3;/q-2;/p+1. The van der Waals surface area contributed by atoms with Gasteiger partial charge in [0.15, 0.2) is 0 Å². The van der Waals surface area contributed by atoms with Crippen LogP contribution >= 0.6 is 0 Å². The number of anilines is 3. The molecule has 242 valence electrons. The summed E-state index contributed by atoms with van der Waals surface area (Å²) in [5.41, 5.74) is 9.48. The number of fused-ring (bicyclic) bond motifs is 4. The molecule has 6 nitrogen and oxygen atoms in total. The number of hydroxylamine groups is 1. The average molecular weight is 811 g/mol. The summed E-state index contributed by atoms with van der Waals surface area (Å²) < 4.78 is 8.63. The number of rotatable bonds is 5. The molecule has 7 aromatic rings. The number of aryl methyl sites for hydroxylation is 2. The Kier molecular flexibility index (Phi) is 8.11. The molecule has 3 heterocycles. The summed E-state index contributed by atoms with van der Waals surface area (Å²) >= 11 is 0. The summed E-state index contributed by atoms with van der Waals surface area (Å²) in [6.45, 7) is 10.8. The van der Waals surface area contributed by atoms with Gasteiger partial charge in [-0.2, -0.15) is 17.1 Å². The number of pyridine rings is 1. The van der Waals surface area contributed by atoms with Gasteiger partial charge in [-0.1, -0.05) is 54.0 Å². The van der Waals surface area contributed by atoms with Crippen LogP contribution in [0.5, 0.6) is 11.5 Å². The van der Waals surface area contributed by atoms with Gasteiger partial charge in [0, 0.05) is 50.0 Å². The molecule has 0 unspecified atom stereocenters. The molecule has 0 bridgehead atoms. The Balaban J connectivity index is 0.00000364. The fourth-order valence-corrected chi connectivity index (χ4v) is 6.56. The van der Waals surface area contributed by atoms with Gasteiger partial charge in [0.05, 0.1) is 0 Å². The number of ether oxygens (including phenoxy) is 1. The van der Waals surface area contributed by atoms with E-state index in [0.29, 0.717) is 11.5 Å². The minimum absolute atomic E-state index is 0. The first-order valence-corrected chi connectivity index (χ1v) is 15.9. The molecule has 1 aliphatic rings. The van der Waals surface area contributed by atoms with Crippen LogP contribution < -0.4 is 14.9 Å². The zero-order chi connectivity index (χ0) is 32.3. The van der Waals surface area contributed by atoms with Crippen LogP contribution in [-0.4, -0.2) is 20.0 Å². The van der Waals surface area contributed by atoms with Gasteiger partial charge in [0.1, 0.15) is 22.7 Å². The second-order valence-electron chi connectivity index (χ2n) is 13.0. The van der Waals surface area contributed by atoms with Crippen molar-refractivity contribution in [1.82, 2.24) is 9.55 Å². The third-order valence-corrected chi connectivity index (χ3v) is 8.65. The molecule has 0 aliphatic carbocycles. The van der Waals surface area contributed by atoms with Crippen LogP contribution in [0.15, 0.2) is 115 Å². The molecule has 0 radical (unpaired) electrons. The minimum Gasteiger partial charge on any atom is -0.509 e. The Morgan fingerprint density at radius 1 is 0.708 bits per heavy atom. The van der Waals surface area contributed by atoms with Crippen molar-refractivity contribution < 1.29 is 30.7 Å². The molecule has 8 rings (SSSR count). The second-order valence-corrected chi connectivity index (χ2v) is 13.0. The fourth-order valence-electron chi connectivity index (χ4n) is 6.56. The zero-order valence-electron chi connectivity index (χ0n) is 27.4. The van der Waals surface area contributed by atoms with Gasteiger partial charge in [-0.3, -0.25) is 0 Å². The summed E-state index contributed by atoms with van der Waals surface area (Å²) in [6.07, 6.45) is 1.89. The summed E-state index contributed by atoms with van der Waals surface area (Å²) in [5, 5.41) is 6.19. The van der Waals surface area contributed by atoms with Crippen molar-refractivity contribution in [2.24, 2.45) is 0 Å². The van der Waals surface area contributed by atoms with Crippen molar-refractivity contribution >= 4 is 38.9 Å². The van der Waals surface area contributed by atoms with Crippen molar-refractivity contribution in [3.8, 4) is 28.4 Å². The van der Waals surface area contributed by atoms with Crippen LogP contribution in [0.4, 0.5) is 17.1 Å². The Morgan fingerprint density at radius 3 is 2.21 bits per heavy atom. The van der Waals surface area contributed by atoms with Gasteiger partial charge >= 0.3 is 0 Å². The molecule has 7 heteroatoms. The topological polar surface area (TPSA) is 46.3 Å². The number of nitrogens with zero attached hydrogens (tertiary/aromatic N) is 4. The van der Waals surface area contributed by atoms with Gasteiger partial charge < -0.3 is 9.30 Å². The first-order valence-electron chi connectivity index (χ1n) is 15.9. The maximum Gasteiger partial charge on any atom is 0.145 e. The van der Waals surface area contributed by atoms with Crippen LogP contribution in [0.1, 0.15) is 31.9 Å². The maximum atomic E-state index is 6.45. The monoisotopic (exact) mass is 810 g/mol. The summed E-state index contributed by atoms with van der Waals surface area (Å²) in [6, 6.07) is 44.3. The molecule has 0 fully saturated rings. The zero-order valence-corrected chi connectivity index (χ0v) is 29.7. The van der Waals surface area contributed by atoms with Gasteiger partial charge in [-0.25, -0.2) is 4.98 Å². The molecule has 1 aliphatic heterocycles. The molecule has 0 amide bonds. The largest absolute Gasteiger partial charge is 0.509 e. The first-order chi connectivity index (χ1) is 22.8. The average Bonchev–Trinajstić information content (AvgIpc) is 3.62. The van der Waals surface area contributed by atoms with Gasteiger partial charge in [0.2, 0.25) is 0 Å². The molecule has 1 N–H and O–H groups in total. The minimum atomic E-state index is -0.186. The van der Waals surface area contributed by atoms with E-state index in [4.69, 9.17) is 14.7 Å². The Morgan fingerprint density at radius 2 is 1.42 bits per heavy atom. The van der Waals surface area contributed by atoms with Crippen LogP contribution in [0, 0.1) is 26.0 Å². The van der Waals surface area contributed by atoms with E-state index in [2.05, 4.69) is 124 Å². The quantitative estimate of drug-likeness (QED) is 0.128. The van der Waals surface area contributed by atoms with Gasteiger partial charge in [-0.15, -0.1) is 45.8 Å². The van der Waals surface area contributed by atoms with E-state index >= 15 is 0 Å². The van der Waals surface area contributed by atoms with E-state index in [1.807, 2.05) is 52.7 Å². The van der Waals surface area contributed by atoms with Crippen LogP contribution in [0.3, 0.4) is 0 Å². The molecule has 5 aromatic carbocycles. The molecular formula is C41H35N4O2Pt-. The second kappa shape index (κ2) is 12.3. The van der Waals surface area contributed by atoms with E-state index < -0.39 is 0 Å². The Labute approximate surface area is 295 Å². The third kappa shape index (κ3) is 5.45. The summed E-state index contributed by atoms with van der Waals surface area (Å²) in [5.74, 6) is 2.00. The number of para-hydroxylation sites is 3. The Hall–Kier alpha value is -4.90. The van der Waals surface area contributed by atoms with E-state index in [-0.39, 0.29) is 26.6 Å². The van der Waals surface area contributed by atoms with Gasteiger partial charge in [0.25, 0.3) is 0 Å². The van der Waals surface area contributed by atoms with Crippen molar-refractivity contribution in [2.75, 3.05) is 10.1 Å². The summed E-state index contributed by atoms with van der Waals surface area (Å²) in [7, 11) is 0. The normalized spacial score (nSPS) is 12.8. The van der Waals surface area contributed by atoms with Crippen molar-refractivity contribution in [2.45, 2.75) is 40.2 Å². The SMILES string of the molecule is Cc1cccc(C)c1-c1ccnc(-n2c3[c-]c(Oc4[c-]c(N5[OH+]N(C(C)(C)C)c6ccccc65)ccc4)ccc3c3ccccc32)c1.[Pt]. The number of benzene rings is 5. The predicted molar refractivity (Wildman–Crippen MR) is 190 cm³/mol. The van der Waals surface area contributed by atoms with Crippen LogP contribution in [0.25, 0.3) is 38.8 Å². The molecule has 0 spiro atoms. The number of hydrogen-bond donors (Lipinski definition) is 0. The molecule has 48 heavy (non-hydrogen) atoms. The van der Waals surface area contributed by atoms with Crippen molar-refractivity contribution in [3.63, 3.8) is 0 Å². The van der Waals surface area contributed by atoms with E-state index in [9.17, 15) is 0 Å². The van der Waals surface area contributed by atoms with Crippen molar-refractivity contribution in [3.05, 3.63) is 139 Å². The summed E-state index contributed by atoms with van der Waals surface area (Å²) in [4.78, 5) is 9.81. The predicted octanol–water partition coefficient (Wildman–Crippen LogP) is 10.4. The van der Waals surface area contributed by atoms with Crippen molar-refractivity contribution in [1.29, 1.82) is 0 Å². The van der Waals surface area contributed by atoms with Crippen LogP contribution in [0.2, 0.25) is 0 Å². The molecule has 0 atom stereocenters. The number of hydrogen-bond acceptors (Lipinski definition) is 4. The van der Waals surface area contributed by atoms with Crippen LogP contribution in [-0.2, 0) is 21.1 Å². The fraction of sp³-hybridized carbons (Fsp3) is 0.146. The Bertz CT molecular complexity index is 2290. The maximum absolute atomic E-state index is 6.45.